The largest absolute Gasteiger partial charge is 0.345 e. The third-order valence-electron chi connectivity index (χ3n) is 3.31. The van der Waals surface area contributed by atoms with E-state index in [1.165, 1.54) is 0 Å². The van der Waals surface area contributed by atoms with Gasteiger partial charge >= 0.3 is 0 Å². The van der Waals surface area contributed by atoms with Crippen LogP contribution in [0.2, 0.25) is 0 Å². The van der Waals surface area contributed by atoms with Gasteiger partial charge in [0.15, 0.2) is 0 Å². The zero-order chi connectivity index (χ0) is 14.7. The molecule has 6 heteroatoms. The normalized spacial score (nSPS) is 12.0. The number of benzene rings is 1. The average Bonchev–Trinajstić information content (AvgIpc) is 3.19. The fourth-order valence-corrected chi connectivity index (χ4v) is 2.14. The quantitative estimate of drug-likeness (QED) is 0.685. The number of nitrogens with zero attached hydrogens (tertiary/aromatic N) is 2. The molecule has 0 saturated carbocycles. The van der Waals surface area contributed by atoms with Crippen molar-refractivity contribution in [2.24, 2.45) is 0 Å². The van der Waals surface area contributed by atoms with Crippen molar-refractivity contribution in [1.29, 1.82) is 0 Å². The van der Waals surface area contributed by atoms with E-state index in [-0.39, 0.29) is 11.9 Å². The molecule has 0 spiro atoms. The molecule has 1 atom stereocenters. The highest BCUT2D eigenvalue weighted by molar-refractivity contribution is 5.99. The van der Waals surface area contributed by atoms with Crippen molar-refractivity contribution >= 4 is 5.91 Å². The first kappa shape index (κ1) is 13.1. The number of hydrogen-bond acceptors (Lipinski definition) is 3. The molecule has 1 unspecified atom stereocenters. The Morgan fingerprint density at radius 3 is 2.71 bits per heavy atom. The van der Waals surface area contributed by atoms with Gasteiger partial charge in [0, 0.05) is 17.3 Å². The Balaban J connectivity index is 1.82. The Bertz CT molecular complexity index is 718. The van der Waals surface area contributed by atoms with Gasteiger partial charge in [-0.05, 0) is 6.92 Å². The number of aromatic amines is 2. The van der Waals surface area contributed by atoms with Crippen LogP contribution < -0.4 is 5.32 Å². The lowest BCUT2D eigenvalue weighted by Gasteiger charge is -2.12. The smallest absolute Gasteiger partial charge is 0.255 e. The maximum Gasteiger partial charge on any atom is 0.255 e. The van der Waals surface area contributed by atoms with E-state index < -0.39 is 0 Å². The molecule has 0 aliphatic heterocycles. The van der Waals surface area contributed by atoms with E-state index in [9.17, 15) is 4.79 Å². The molecule has 106 valence electrons. The molecule has 0 bridgehead atoms. The standard InChI is InChI=1S/C15H15N5O/c1-10(12-7-16-17-8-12)19-15(21)13-9-18-20-14(13)11-5-3-2-4-6-11/h2-10H,1H3,(H,16,17)(H,18,20)(H,19,21). The van der Waals surface area contributed by atoms with Gasteiger partial charge in [0.05, 0.1) is 29.7 Å². The van der Waals surface area contributed by atoms with Crippen molar-refractivity contribution in [3.05, 3.63) is 60.0 Å². The number of amides is 1. The Kier molecular flexibility index (Phi) is 3.51. The summed E-state index contributed by atoms with van der Waals surface area (Å²) in [5.41, 5.74) is 3.09. The minimum Gasteiger partial charge on any atom is -0.345 e. The molecule has 0 radical (unpaired) electrons. The number of carbonyl (C=O) groups excluding carboxylic acids is 1. The number of carbonyl (C=O) groups is 1. The van der Waals surface area contributed by atoms with Crippen LogP contribution in [0.15, 0.2) is 48.9 Å². The molecule has 3 aromatic rings. The van der Waals surface area contributed by atoms with Gasteiger partial charge in [-0.3, -0.25) is 15.0 Å². The van der Waals surface area contributed by atoms with Gasteiger partial charge in [-0.2, -0.15) is 10.2 Å². The Labute approximate surface area is 121 Å². The van der Waals surface area contributed by atoms with E-state index in [4.69, 9.17) is 0 Å². The minimum atomic E-state index is -0.170. The number of rotatable bonds is 4. The molecule has 1 aromatic carbocycles. The minimum absolute atomic E-state index is 0.130. The Hall–Kier alpha value is -2.89. The van der Waals surface area contributed by atoms with Crippen LogP contribution in [0.4, 0.5) is 0 Å². The maximum absolute atomic E-state index is 12.4. The summed E-state index contributed by atoms with van der Waals surface area (Å²) in [7, 11) is 0. The summed E-state index contributed by atoms with van der Waals surface area (Å²) in [6, 6.07) is 9.52. The number of aromatic nitrogens is 4. The first-order chi connectivity index (χ1) is 10.3. The highest BCUT2D eigenvalue weighted by Crippen LogP contribution is 2.21. The molecule has 3 rings (SSSR count). The fraction of sp³-hybridized carbons (Fsp3) is 0.133. The summed E-state index contributed by atoms with van der Waals surface area (Å²) < 4.78 is 0. The zero-order valence-corrected chi connectivity index (χ0v) is 11.5. The lowest BCUT2D eigenvalue weighted by molar-refractivity contribution is 0.0940. The third-order valence-corrected chi connectivity index (χ3v) is 3.31. The molecule has 0 aliphatic rings. The highest BCUT2D eigenvalue weighted by atomic mass is 16.1. The van der Waals surface area contributed by atoms with Gasteiger partial charge in [0.25, 0.3) is 5.91 Å². The number of H-pyrrole nitrogens is 2. The number of hydrogen-bond donors (Lipinski definition) is 3. The van der Waals surface area contributed by atoms with Gasteiger partial charge < -0.3 is 5.32 Å². The molecular weight excluding hydrogens is 266 g/mol. The van der Waals surface area contributed by atoms with Crippen LogP contribution in [-0.2, 0) is 0 Å². The van der Waals surface area contributed by atoms with Crippen molar-refractivity contribution in [2.75, 3.05) is 0 Å². The van der Waals surface area contributed by atoms with Crippen molar-refractivity contribution in [3.8, 4) is 11.3 Å². The summed E-state index contributed by atoms with van der Waals surface area (Å²) in [6.07, 6.45) is 5.00. The van der Waals surface area contributed by atoms with E-state index in [0.29, 0.717) is 11.3 Å². The molecule has 21 heavy (non-hydrogen) atoms. The first-order valence-corrected chi connectivity index (χ1v) is 6.64. The first-order valence-electron chi connectivity index (χ1n) is 6.64. The van der Waals surface area contributed by atoms with E-state index >= 15 is 0 Å². The summed E-state index contributed by atoms with van der Waals surface area (Å²) in [4.78, 5) is 12.4. The molecule has 6 nitrogen and oxygen atoms in total. The fourth-order valence-electron chi connectivity index (χ4n) is 2.14. The topological polar surface area (TPSA) is 86.5 Å². The van der Waals surface area contributed by atoms with Crippen LogP contribution in [0.1, 0.15) is 28.9 Å². The summed E-state index contributed by atoms with van der Waals surface area (Å²) in [5.74, 6) is -0.170. The molecule has 2 aromatic heterocycles. The van der Waals surface area contributed by atoms with Gasteiger partial charge in [0.2, 0.25) is 0 Å². The van der Waals surface area contributed by atoms with E-state index in [0.717, 1.165) is 11.1 Å². The Morgan fingerprint density at radius 2 is 2.00 bits per heavy atom. The van der Waals surface area contributed by atoms with Crippen molar-refractivity contribution < 1.29 is 4.79 Å². The zero-order valence-electron chi connectivity index (χ0n) is 11.5. The van der Waals surface area contributed by atoms with Gasteiger partial charge in [-0.1, -0.05) is 30.3 Å². The molecule has 3 N–H and O–H groups in total. The Morgan fingerprint density at radius 1 is 1.19 bits per heavy atom. The van der Waals surface area contributed by atoms with Crippen LogP contribution in [0.3, 0.4) is 0 Å². The van der Waals surface area contributed by atoms with Crippen molar-refractivity contribution in [3.63, 3.8) is 0 Å². The monoisotopic (exact) mass is 281 g/mol. The van der Waals surface area contributed by atoms with E-state index in [1.54, 1.807) is 18.6 Å². The van der Waals surface area contributed by atoms with Crippen LogP contribution in [0, 0.1) is 0 Å². The van der Waals surface area contributed by atoms with Crippen LogP contribution >= 0.6 is 0 Å². The second-order valence-corrected chi connectivity index (χ2v) is 4.75. The SMILES string of the molecule is CC(NC(=O)c1cn[nH]c1-c1ccccc1)c1cn[nH]c1. The number of nitrogens with one attached hydrogen (secondary N) is 3. The van der Waals surface area contributed by atoms with Gasteiger partial charge in [-0.25, -0.2) is 0 Å². The lowest BCUT2D eigenvalue weighted by atomic mass is 10.1. The van der Waals surface area contributed by atoms with Crippen LogP contribution in [-0.4, -0.2) is 26.3 Å². The predicted molar refractivity (Wildman–Crippen MR) is 78.5 cm³/mol. The molecule has 0 aliphatic carbocycles. The molecule has 1 amide bonds. The predicted octanol–water partition coefficient (Wildman–Crippen LogP) is 2.29. The molecule has 0 saturated heterocycles. The summed E-state index contributed by atoms with van der Waals surface area (Å²) >= 11 is 0. The van der Waals surface area contributed by atoms with E-state index in [1.807, 2.05) is 37.3 Å². The van der Waals surface area contributed by atoms with E-state index in [2.05, 4.69) is 25.7 Å². The van der Waals surface area contributed by atoms with Gasteiger partial charge in [0.1, 0.15) is 0 Å². The lowest BCUT2D eigenvalue weighted by Crippen LogP contribution is -2.26. The molecular formula is C15H15N5O. The maximum atomic E-state index is 12.4. The summed E-state index contributed by atoms with van der Waals surface area (Å²) in [5, 5.41) is 16.4. The second kappa shape index (κ2) is 5.62. The van der Waals surface area contributed by atoms with Crippen LogP contribution in [0.5, 0.6) is 0 Å². The second-order valence-electron chi connectivity index (χ2n) is 4.75. The van der Waals surface area contributed by atoms with Gasteiger partial charge in [-0.15, -0.1) is 0 Å². The summed E-state index contributed by atoms with van der Waals surface area (Å²) in [6.45, 7) is 1.91. The molecule has 0 fully saturated rings. The molecule has 2 heterocycles. The third kappa shape index (κ3) is 2.69. The van der Waals surface area contributed by atoms with Crippen LogP contribution in [0.25, 0.3) is 11.3 Å². The van der Waals surface area contributed by atoms with Crippen molar-refractivity contribution in [1.82, 2.24) is 25.7 Å². The average molecular weight is 281 g/mol. The van der Waals surface area contributed by atoms with Crippen molar-refractivity contribution in [2.45, 2.75) is 13.0 Å². The highest BCUT2D eigenvalue weighted by Gasteiger charge is 2.17.